The maximum atomic E-state index is 4.21. The SMILES string of the molecule is CNCc1cnc(-c2ncc(C)cn2)[nH]1. The van der Waals surface area contributed by atoms with Gasteiger partial charge in [0.2, 0.25) is 0 Å². The van der Waals surface area contributed by atoms with Gasteiger partial charge in [0.15, 0.2) is 11.6 Å². The van der Waals surface area contributed by atoms with Crippen molar-refractivity contribution in [2.45, 2.75) is 13.5 Å². The second-order valence-corrected chi connectivity index (χ2v) is 3.37. The maximum Gasteiger partial charge on any atom is 0.195 e. The molecule has 0 fully saturated rings. The average Bonchev–Trinajstić information content (AvgIpc) is 2.68. The predicted octanol–water partition coefficient (Wildman–Crippen LogP) is 0.895. The Hall–Kier alpha value is -1.75. The number of aromatic nitrogens is 4. The van der Waals surface area contributed by atoms with Crippen molar-refractivity contribution >= 4 is 0 Å². The first-order valence-electron chi connectivity index (χ1n) is 4.77. The van der Waals surface area contributed by atoms with Crippen molar-refractivity contribution in [2.24, 2.45) is 0 Å². The number of rotatable bonds is 3. The first-order chi connectivity index (χ1) is 7.29. The highest BCUT2D eigenvalue weighted by Crippen LogP contribution is 2.09. The third-order valence-corrected chi connectivity index (χ3v) is 1.99. The molecule has 2 rings (SSSR count). The number of nitrogens with one attached hydrogen (secondary N) is 2. The van der Waals surface area contributed by atoms with E-state index >= 15 is 0 Å². The van der Waals surface area contributed by atoms with Crippen molar-refractivity contribution in [2.75, 3.05) is 7.05 Å². The number of nitrogens with zero attached hydrogens (tertiary/aromatic N) is 3. The summed E-state index contributed by atoms with van der Waals surface area (Å²) in [7, 11) is 1.89. The van der Waals surface area contributed by atoms with Crippen LogP contribution in [0.5, 0.6) is 0 Å². The molecule has 0 saturated heterocycles. The zero-order valence-electron chi connectivity index (χ0n) is 8.78. The molecule has 0 unspecified atom stereocenters. The zero-order valence-corrected chi connectivity index (χ0v) is 8.78. The molecule has 2 heterocycles. The molecular formula is C10H13N5. The maximum absolute atomic E-state index is 4.21. The molecule has 78 valence electrons. The van der Waals surface area contributed by atoms with E-state index < -0.39 is 0 Å². The van der Waals surface area contributed by atoms with Gasteiger partial charge in [0.05, 0.1) is 6.20 Å². The molecule has 0 atom stereocenters. The van der Waals surface area contributed by atoms with Crippen LogP contribution in [0.3, 0.4) is 0 Å². The van der Waals surface area contributed by atoms with Crippen molar-refractivity contribution in [3.8, 4) is 11.6 Å². The second-order valence-electron chi connectivity index (χ2n) is 3.37. The molecule has 0 amide bonds. The summed E-state index contributed by atoms with van der Waals surface area (Å²) in [5.74, 6) is 1.34. The molecule has 15 heavy (non-hydrogen) atoms. The molecule has 2 aromatic rings. The summed E-state index contributed by atoms with van der Waals surface area (Å²) >= 11 is 0. The number of H-pyrrole nitrogens is 1. The third-order valence-electron chi connectivity index (χ3n) is 1.99. The molecule has 0 aliphatic rings. The third kappa shape index (κ3) is 2.19. The Morgan fingerprint density at radius 2 is 1.93 bits per heavy atom. The molecule has 0 radical (unpaired) electrons. The normalized spacial score (nSPS) is 10.5. The Morgan fingerprint density at radius 1 is 1.20 bits per heavy atom. The van der Waals surface area contributed by atoms with Crippen LogP contribution in [0.4, 0.5) is 0 Å². The first-order valence-corrected chi connectivity index (χ1v) is 4.77. The minimum Gasteiger partial charge on any atom is -0.338 e. The fraction of sp³-hybridized carbons (Fsp3) is 0.300. The van der Waals surface area contributed by atoms with Gasteiger partial charge in [-0.05, 0) is 19.5 Å². The van der Waals surface area contributed by atoms with Crippen molar-refractivity contribution in [1.82, 2.24) is 25.3 Å². The first kappa shape index (κ1) is 9.79. The van der Waals surface area contributed by atoms with Crippen LogP contribution >= 0.6 is 0 Å². The standard InChI is InChI=1S/C10H13N5/c1-7-3-12-9(13-4-7)10-14-6-8(15-10)5-11-2/h3-4,6,11H,5H2,1-2H3,(H,14,15). The quantitative estimate of drug-likeness (QED) is 0.777. The lowest BCUT2D eigenvalue weighted by Gasteiger charge is -1.96. The van der Waals surface area contributed by atoms with E-state index in [4.69, 9.17) is 0 Å². The van der Waals surface area contributed by atoms with Gasteiger partial charge in [0.25, 0.3) is 0 Å². The molecule has 0 aliphatic heterocycles. The Bertz CT molecular complexity index is 431. The fourth-order valence-corrected chi connectivity index (χ4v) is 1.27. The van der Waals surface area contributed by atoms with Crippen LogP contribution in [0.2, 0.25) is 0 Å². The van der Waals surface area contributed by atoms with Crippen LogP contribution in [-0.4, -0.2) is 27.0 Å². The number of aryl methyl sites for hydroxylation is 1. The van der Waals surface area contributed by atoms with Crippen molar-refractivity contribution in [3.05, 3.63) is 29.8 Å². The van der Waals surface area contributed by atoms with Crippen molar-refractivity contribution in [1.29, 1.82) is 0 Å². The van der Waals surface area contributed by atoms with E-state index in [2.05, 4.69) is 25.3 Å². The summed E-state index contributed by atoms with van der Waals surface area (Å²) in [5.41, 5.74) is 2.07. The van der Waals surface area contributed by atoms with Gasteiger partial charge in [-0.3, -0.25) is 0 Å². The van der Waals surface area contributed by atoms with E-state index in [1.165, 1.54) is 0 Å². The molecule has 0 saturated carbocycles. The van der Waals surface area contributed by atoms with Crippen LogP contribution in [0.25, 0.3) is 11.6 Å². The van der Waals surface area contributed by atoms with Crippen LogP contribution in [-0.2, 0) is 6.54 Å². The lowest BCUT2D eigenvalue weighted by Crippen LogP contribution is -2.05. The van der Waals surface area contributed by atoms with Gasteiger partial charge in [-0.15, -0.1) is 0 Å². The molecule has 0 bridgehead atoms. The smallest absolute Gasteiger partial charge is 0.195 e. The lowest BCUT2D eigenvalue weighted by atomic mass is 10.4. The van der Waals surface area contributed by atoms with Crippen LogP contribution in [0, 0.1) is 6.92 Å². The van der Waals surface area contributed by atoms with E-state index in [0.717, 1.165) is 17.8 Å². The molecule has 5 heteroatoms. The topological polar surface area (TPSA) is 66.5 Å². The van der Waals surface area contributed by atoms with E-state index in [-0.39, 0.29) is 0 Å². The molecule has 0 spiro atoms. The van der Waals surface area contributed by atoms with E-state index in [0.29, 0.717) is 11.6 Å². The molecule has 2 N–H and O–H groups in total. The Labute approximate surface area is 88.0 Å². The minimum absolute atomic E-state index is 0.628. The van der Waals surface area contributed by atoms with Gasteiger partial charge >= 0.3 is 0 Å². The van der Waals surface area contributed by atoms with Gasteiger partial charge in [-0.25, -0.2) is 15.0 Å². The molecule has 0 aromatic carbocycles. The molecular weight excluding hydrogens is 190 g/mol. The van der Waals surface area contributed by atoms with Crippen LogP contribution < -0.4 is 5.32 Å². The minimum atomic E-state index is 0.628. The number of hydrogen-bond acceptors (Lipinski definition) is 4. The Balaban J connectivity index is 2.25. The van der Waals surface area contributed by atoms with E-state index in [1.807, 2.05) is 14.0 Å². The largest absolute Gasteiger partial charge is 0.338 e. The number of imidazole rings is 1. The monoisotopic (exact) mass is 203 g/mol. The average molecular weight is 203 g/mol. The Kier molecular flexibility index (Phi) is 2.73. The summed E-state index contributed by atoms with van der Waals surface area (Å²) in [6.45, 7) is 2.72. The van der Waals surface area contributed by atoms with Gasteiger partial charge < -0.3 is 10.3 Å². The highest BCUT2D eigenvalue weighted by molar-refractivity contribution is 5.42. The summed E-state index contributed by atoms with van der Waals surface area (Å²) < 4.78 is 0. The summed E-state index contributed by atoms with van der Waals surface area (Å²) in [5, 5.41) is 3.05. The van der Waals surface area contributed by atoms with Gasteiger partial charge in [-0.1, -0.05) is 0 Å². The van der Waals surface area contributed by atoms with Crippen molar-refractivity contribution < 1.29 is 0 Å². The molecule has 0 aliphatic carbocycles. The van der Waals surface area contributed by atoms with E-state index in [1.54, 1.807) is 18.6 Å². The summed E-state index contributed by atoms with van der Waals surface area (Å²) in [6, 6.07) is 0. The fourth-order valence-electron chi connectivity index (χ4n) is 1.27. The highest BCUT2D eigenvalue weighted by atomic mass is 15.0. The number of aromatic amines is 1. The number of hydrogen-bond donors (Lipinski definition) is 2. The van der Waals surface area contributed by atoms with Gasteiger partial charge in [0.1, 0.15) is 0 Å². The van der Waals surface area contributed by atoms with Gasteiger partial charge in [0, 0.05) is 24.6 Å². The van der Waals surface area contributed by atoms with E-state index in [9.17, 15) is 0 Å². The molecule has 5 nitrogen and oxygen atoms in total. The second kappa shape index (κ2) is 4.18. The van der Waals surface area contributed by atoms with Crippen molar-refractivity contribution in [3.63, 3.8) is 0 Å². The highest BCUT2D eigenvalue weighted by Gasteiger charge is 2.04. The lowest BCUT2D eigenvalue weighted by molar-refractivity contribution is 0.797. The molecule has 2 aromatic heterocycles. The zero-order chi connectivity index (χ0) is 10.7. The van der Waals surface area contributed by atoms with Gasteiger partial charge in [-0.2, -0.15) is 0 Å². The van der Waals surface area contributed by atoms with Crippen LogP contribution in [0.15, 0.2) is 18.6 Å². The summed E-state index contributed by atoms with van der Waals surface area (Å²) in [4.78, 5) is 15.8. The Morgan fingerprint density at radius 3 is 2.60 bits per heavy atom. The predicted molar refractivity (Wildman–Crippen MR) is 57.1 cm³/mol. The summed E-state index contributed by atoms with van der Waals surface area (Å²) in [6.07, 6.45) is 5.35. The van der Waals surface area contributed by atoms with Crippen LogP contribution in [0.1, 0.15) is 11.3 Å².